The van der Waals surface area contributed by atoms with Crippen LogP contribution in [0.5, 0.6) is 0 Å². The first-order valence-electron chi connectivity index (χ1n) is 17.7. The third-order valence-corrected chi connectivity index (χ3v) is 16.3. The maximum atomic E-state index is 6.06. The zero-order valence-electron chi connectivity index (χ0n) is 28.6. The predicted octanol–water partition coefficient (Wildman–Crippen LogP) is 12.5. The molecule has 0 spiro atoms. The Kier molecular flexibility index (Phi) is 7.60. The molecule has 1 aliphatic heterocycles. The molecule has 0 saturated heterocycles. The Bertz CT molecular complexity index is 2750. The van der Waals surface area contributed by atoms with Crippen molar-refractivity contribution >= 4 is 41.6 Å². The molecule has 250 valence electrons. The molecule has 0 unspecified atom stereocenters. The number of hydrogen-bond donors (Lipinski definition) is 0. The van der Waals surface area contributed by atoms with Crippen LogP contribution in [-0.4, -0.2) is 14.8 Å². The second-order valence-electron chi connectivity index (χ2n) is 13.2. The van der Waals surface area contributed by atoms with Crippen molar-refractivity contribution in [2.24, 2.45) is 0 Å². The van der Waals surface area contributed by atoms with Crippen molar-refractivity contribution in [3.05, 3.63) is 182 Å². The van der Waals surface area contributed by atoms with Crippen LogP contribution in [0.1, 0.15) is 18.1 Å². The molecule has 0 aliphatic carbocycles. The third kappa shape index (κ3) is 5.27. The molecule has 9 aromatic rings. The van der Waals surface area contributed by atoms with Gasteiger partial charge in [0.2, 0.25) is 11.8 Å². The van der Waals surface area contributed by atoms with Crippen LogP contribution in [0.2, 0.25) is 0 Å². The number of alkyl halides is 1. The second-order valence-corrected chi connectivity index (χ2v) is 18.5. The van der Waals surface area contributed by atoms with Gasteiger partial charge >= 0.3 is 244 Å². The van der Waals surface area contributed by atoms with Gasteiger partial charge in [-0.05, 0) is 12.1 Å². The second kappa shape index (κ2) is 12.8. The molecular weight excluding hydrogens is 749 g/mol. The predicted molar refractivity (Wildman–Crippen MR) is 221 cm³/mol. The van der Waals surface area contributed by atoms with Gasteiger partial charge in [0, 0.05) is 11.1 Å². The fourth-order valence-corrected chi connectivity index (χ4v) is 13.6. The van der Waals surface area contributed by atoms with E-state index in [1.54, 1.807) is 3.57 Å². The van der Waals surface area contributed by atoms with Crippen LogP contribution < -0.4 is 0 Å². The van der Waals surface area contributed by atoms with E-state index >= 15 is 0 Å². The summed E-state index contributed by atoms with van der Waals surface area (Å²) < 4.78 is 12.7. The van der Waals surface area contributed by atoms with E-state index in [-0.39, 0.29) is 0 Å². The number of rotatable bonds is 6. The van der Waals surface area contributed by atoms with E-state index in [4.69, 9.17) is 4.42 Å². The first-order chi connectivity index (χ1) is 25.7. The van der Waals surface area contributed by atoms with Crippen LogP contribution in [0, 0.1) is 7.14 Å². The van der Waals surface area contributed by atoms with Gasteiger partial charge in [-0.2, -0.15) is 0 Å². The summed E-state index contributed by atoms with van der Waals surface area (Å²) in [5, 5.41) is 11.2. The number of halogens is 1. The van der Waals surface area contributed by atoms with Gasteiger partial charge in [0.15, 0.2) is 0 Å². The van der Waals surface area contributed by atoms with Gasteiger partial charge in [-0.3, -0.25) is 0 Å². The summed E-state index contributed by atoms with van der Waals surface area (Å²) in [4.78, 5) is 0. The molecule has 5 heteroatoms. The Morgan fingerprint density at radius 3 is 1.94 bits per heavy atom. The molecule has 52 heavy (non-hydrogen) atoms. The normalized spacial score (nSPS) is 13.0. The number of nitrogens with zero attached hydrogens (tertiary/aromatic N) is 3. The Morgan fingerprint density at radius 2 is 1.17 bits per heavy atom. The fourth-order valence-electron chi connectivity index (χ4n) is 7.53. The summed E-state index contributed by atoms with van der Waals surface area (Å²) in [6.45, 7) is 2.22. The third-order valence-electron chi connectivity index (χ3n) is 10.2. The Balaban J connectivity index is 1.07. The zero-order valence-corrected chi connectivity index (χ0v) is 30.8. The average Bonchev–Trinajstić information content (AvgIpc) is 3.84. The minimum atomic E-state index is -1.63. The van der Waals surface area contributed by atoms with E-state index in [9.17, 15) is 0 Å². The molecule has 0 saturated carbocycles. The first-order valence-corrected chi connectivity index (χ1v) is 21.4. The van der Waals surface area contributed by atoms with Gasteiger partial charge in [-0.15, -0.1) is 10.2 Å². The Morgan fingerprint density at radius 1 is 0.558 bits per heavy atom. The molecule has 10 rings (SSSR count). The van der Waals surface area contributed by atoms with Crippen LogP contribution in [0.15, 0.2) is 168 Å². The van der Waals surface area contributed by atoms with Crippen molar-refractivity contribution in [2.45, 2.75) is 17.8 Å². The molecule has 3 heterocycles. The van der Waals surface area contributed by atoms with E-state index in [0.29, 0.717) is 11.8 Å². The van der Waals surface area contributed by atoms with Crippen LogP contribution in [-0.2, 0) is 10.8 Å². The number of aromatic nitrogens is 3. The van der Waals surface area contributed by atoms with Crippen LogP contribution in [0.4, 0.5) is 0 Å². The standard InChI is InChI=1S/C47H34IN3O/c1-2-31-17-25-44-41(27-31)42-29-35(34-20-24-43-40(28-34)39-16-10-9-13-36(39)30-48(43)37-14-7-4-8-15-37)21-26-45(42)51(44)38-22-18-33(19-23-38)47-50-49-46(52-47)32-11-5-3-6-12-32/h3-29H,2,30H2,1H3. The summed E-state index contributed by atoms with van der Waals surface area (Å²) in [5.74, 6) is 1.03. The summed E-state index contributed by atoms with van der Waals surface area (Å²) in [7, 11) is 0. The summed E-state index contributed by atoms with van der Waals surface area (Å²) in [5.41, 5.74) is 13.4. The van der Waals surface area contributed by atoms with Gasteiger partial charge in [0.1, 0.15) is 0 Å². The van der Waals surface area contributed by atoms with Crippen LogP contribution in [0.25, 0.3) is 72.7 Å². The number of fused-ring (bicyclic) bond motifs is 6. The summed E-state index contributed by atoms with van der Waals surface area (Å²) in [6, 6.07) is 59.7. The molecule has 0 amide bonds. The zero-order chi connectivity index (χ0) is 34.6. The van der Waals surface area contributed by atoms with Crippen LogP contribution in [0.3, 0.4) is 0 Å². The van der Waals surface area contributed by atoms with Gasteiger partial charge in [0.05, 0.1) is 0 Å². The van der Waals surface area contributed by atoms with E-state index in [2.05, 4.69) is 155 Å². The molecule has 0 bridgehead atoms. The van der Waals surface area contributed by atoms with Crippen molar-refractivity contribution < 1.29 is 4.42 Å². The monoisotopic (exact) mass is 783 g/mol. The van der Waals surface area contributed by atoms with Crippen molar-refractivity contribution in [3.63, 3.8) is 0 Å². The van der Waals surface area contributed by atoms with Gasteiger partial charge in [-0.1, -0.05) is 18.2 Å². The SMILES string of the molecule is CCc1ccc2c(c1)c1cc(-c3ccc4c(c3)-c3ccccc3CI4c3ccccc3)ccc1n2-c1ccc(-c2nnc(-c3ccccc3)o2)cc1. The summed E-state index contributed by atoms with van der Waals surface area (Å²) >= 11 is -1.63. The van der Waals surface area contributed by atoms with Crippen molar-refractivity contribution in [1.29, 1.82) is 0 Å². The number of hydrogen-bond acceptors (Lipinski definition) is 3. The quantitative estimate of drug-likeness (QED) is 0.125. The molecule has 0 radical (unpaired) electrons. The Labute approximate surface area is 309 Å². The van der Waals surface area contributed by atoms with E-state index in [1.807, 2.05) is 30.3 Å². The number of benzene rings is 7. The molecular formula is C47H34IN3O. The van der Waals surface area contributed by atoms with Crippen molar-refractivity contribution in [3.8, 4) is 50.8 Å². The van der Waals surface area contributed by atoms with Gasteiger partial charge in [0.25, 0.3) is 0 Å². The van der Waals surface area contributed by atoms with Crippen molar-refractivity contribution in [1.82, 2.24) is 14.8 Å². The van der Waals surface area contributed by atoms with Crippen molar-refractivity contribution in [2.75, 3.05) is 0 Å². The van der Waals surface area contributed by atoms with E-state index < -0.39 is 19.8 Å². The first kappa shape index (κ1) is 31.0. The maximum absolute atomic E-state index is 6.06. The molecule has 2 aromatic heterocycles. The molecule has 1 aliphatic rings. The summed E-state index contributed by atoms with van der Waals surface area (Å²) in [6.07, 6.45) is 0.989. The molecule has 0 atom stereocenters. The number of aryl methyl sites for hydroxylation is 1. The minimum absolute atomic E-state index is 0.510. The molecule has 7 aromatic carbocycles. The molecule has 4 nitrogen and oxygen atoms in total. The average molecular weight is 784 g/mol. The van der Waals surface area contributed by atoms with Gasteiger partial charge in [-0.25, -0.2) is 0 Å². The molecule has 0 N–H and O–H groups in total. The Hall–Kier alpha value is -5.79. The van der Waals surface area contributed by atoms with Gasteiger partial charge < -0.3 is 4.42 Å². The topological polar surface area (TPSA) is 43.9 Å². The van der Waals surface area contributed by atoms with Crippen LogP contribution >= 0.6 is 19.8 Å². The molecule has 0 fully saturated rings. The van der Waals surface area contributed by atoms with E-state index in [0.717, 1.165) is 23.2 Å². The fraction of sp³-hybridized carbons (Fsp3) is 0.0638. The van der Waals surface area contributed by atoms with E-state index in [1.165, 1.54) is 63.2 Å².